The molecule has 1 amide bonds. The molecule has 0 aliphatic carbocycles. The van der Waals surface area contributed by atoms with Crippen molar-refractivity contribution in [3.63, 3.8) is 0 Å². The van der Waals surface area contributed by atoms with Gasteiger partial charge < -0.3 is 10.8 Å². The number of hydrogen-bond acceptors (Lipinski definition) is 2. The summed E-state index contributed by atoms with van der Waals surface area (Å²) in [4.78, 5) is 10.5. The summed E-state index contributed by atoms with van der Waals surface area (Å²) in [5.41, 5.74) is 5.40. The smallest absolute Gasteiger partial charge is 0.221 e. The van der Waals surface area contributed by atoms with Crippen molar-refractivity contribution in [3.05, 3.63) is 28.8 Å². The number of nitrogens with two attached hydrogens (primary N) is 1. The lowest BCUT2D eigenvalue weighted by atomic mass is 10.1. The van der Waals surface area contributed by atoms with Crippen LogP contribution in [0.15, 0.2) is 18.2 Å². The number of primary amides is 1. The van der Waals surface area contributed by atoms with Crippen molar-refractivity contribution in [1.29, 1.82) is 0 Å². The standard InChI is InChI=1S/C8H8ClNO2/c9-6-1-2-7(11)5(3-6)4-8(10)12/h1-3,11H,4H2,(H2,10,12). The lowest BCUT2D eigenvalue weighted by Gasteiger charge is -2.01. The number of phenols is 1. The Balaban J connectivity index is 2.97. The molecule has 0 saturated heterocycles. The van der Waals surface area contributed by atoms with Gasteiger partial charge in [-0.1, -0.05) is 11.6 Å². The molecule has 64 valence electrons. The number of carbonyl (C=O) groups excluding carboxylic acids is 1. The van der Waals surface area contributed by atoms with Crippen molar-refractivity contribution >= 4 is 17.5 Å². The van der Waals surface area contributed by atoms with Crippen LogP contribution in [0.4, 0.5) is 0 Å². The third-order valence-electron chi connectivity index (χ3n) is 1.41. The maximum atomic E-state index is 10.5. The summed E-state index contributed by atoms with van der Waals surface area (Å²) >= 11 is 5.64. The number of carbonyl (C=O) groups is 1. The maximum Gasteiger partial charge on any atom is 0.221 e. The summed E-state index contributed by atoms with van der Waals surface area (Å²) in [7, 11) is 0. The fourth-order valence-electron chi connectivity index (χ4n) is 0.883. The van der Waals surface area contributed by atoms with E-state index in [0.717, 1.165) is 0 Å². The fourth-order valence-corrected chi connectivity index (χ4v) is 1.08. The second-order valence-corrected chi connectivity index (χ2v) is 2.85. The molecule has 0 unspecified atom stereocenters. The van der Waals surface area contributed by atoms with E-state index in [-0.39, 0.29) is 12.2 Å². The molecule has 0 fully saturated rings. The molecule has 4 heteroatoms. The first kappa shape index (κ1) is 8.87. The molecule has 0 saturated carbocycles. The summed E-state index contributed by atoms with van der Waals surface area (Å²) in [6.45, 7) is 0. The van der Waals surface area contributed by atoms with Gasteiger partial charge in [-0.3, -0.25) is 4.79 Å². The highest BCUT2D eigenvalue weighted by molar-refractivity contribution is 6.30. The van der Waals surface area contributed by atoms with Gasteiger partial charge in [-0.2, -0.15) is 0 Å². The van der Waals surface area contributed by atoms with Crippen LogP contribution in [0.3, 0.4) is 0 Å². The molecule has 0 bridgehead atoms. The number of rotatable bonds is 2. The van der Waals surface area contributed by atoms with Crippen LogP contribution >= 0.6 is 11.6 Å². The van der Waals surface area contributed by atoms with E-state index in [1.807, 2.05) is 0 Å². The van der Waals surface area contributed by atoms with Crippen LogP contribution in [0, 0.1) is 0 Å². The van der Waals surface area contributed by atoms with Crippen molar-refractivity contribution in [3.8, 4) is 5.75 Å². The van der Waals surface area contributed by atoms with E-state index in [9.17, 15) is 9.90 Å². The number of amides is 1. The third kappa shape index (κ3) is 2.13. The number of hydrogen-bond donors (Lipinski definition) is 2. The molecule has 1 rings (SSSR count). The monoisotopic (exact) mass is 185 g/mol. The molecular weight excluding hydrogens is 178 g/mol. The van der Waals surface area contributed by atoms with E-state index >= 15 is 0 Å². The quantitative estimate of drug-likeness (QED) is 0.724. The molecule has 0 atom stereocenters. The van der Waals surface area contributed by atoms with E-state index in [0.29, 0.717) is 10.6 Å². The molecule has 12 heavy (non-hydrogen) atoms. The molecule has 1 aromatic carbocycles. The first-order valence-corrected chi connectivity index (χ1v) is 3.73. The lowest BCUT2D eigenvalue weighted by Crippen LogP contribution is -2.13. The minimum Gasteiger partial charge on any atom is -0.508 e. The van der Waals surface area contributed by atoms with E-state index in [2.05, 4.69) is 0 Å². The van der Waals surface area contributed by atoms with Gasteiger partial charge in [0.15, 0.2) is 0 Å². The summed E-state index contributed by atoms with van der Waals surface area (Å²) in [6.07, 6.45) is 0.00634. The van der Waals surface area contributed by atoms with Crippen LogP contribution in [0.5, 0.6) is 5.75 Å². The van der Waals surface area contributed by atoms with E-state index in [1.54, 1.807) is 6.07 Å². The molecule has 3 N–H and O–H groups in total. The fraction of sp³-hybridized carbons (Fsp3) is 0.125. The number of benzene rings is 1. The van der Waals surface area contributed by atoms with E-state index in [4.69, 9.17) is 17.3 Å². The Morgan fingerprint density at radius 1 is 1.58 bits per heavy atom. The predicted octanol–water partition coefficient (Wildman–Crippen LogP) is 1.07. The van der Waals surface area contributed by atoms with Crippen molar-refractivity contribution in [1.82, 2.24) is 0 Å². The molecular formula is C8H8ClNO2. The Kier molecular flexibility index (Phi) is 2.55. The highest BCUT2D eigenvalue weighted by Crippen LogP contribution is 2.21. The minimum atomic E-state index is -0.493. The zero-order valence-electron chi connectivity index (χ0n) is 6.25. The Bertz CT molecular complexity index is 312. The number of halogens is 1. The summed E-state index contributed by atoms with van der Waals surface area (Å²) < 4.78 is 0. The number of aromatic hydroxyl groups is 1. The molecule has 0 radical (unpaired) electrons. The molecule has 1 aromatic rings. The number of phenolic OH excluding ortho intramolecular Hbond substituents is 1. The first-order chi connectivity index (χ1) is 5.59. The summed E-state index contributed by atoms with van der Waals surface area (Å²) in [5, 5.41) is 9.69. The summed E-state index contributed by atoms with van der Waals surface area (Å²) in [6, 6.07) is 4.49. The Hall–Kier alpha value is -1.22. The van der Waals surface area contributed by atoms with Gasteiger partial charge in [-0.25, -0.2) is 0 Å². The molecule has 3 nitrogen and oxygen atoms in total. The topological polar surface area (TPSA) is 63.3 Å². The molecule has 0 aromatic heterocycles. The maximum absolute atomic E-state index is 10.5. The highest BCUT2D eigenvalue weighted by atomic mass is 35.5. The van der Waals surface area contributed by atoms with Gasteiger partial charge in [-0.05, 0) is 18.2 Å². The second-order valence-electron chi connectivity index (χ2n) is 2.42. The van der Waals surface area contributed by atoms with Crippen LogP contribution in [0.2, 0.25) is 5.02 Å². The van der Waals surface area contributed by atoms with Crippen molar-refractivity contribution in [2.75, 3.05) is 0 Å². The van der Waals surface area contributed by atoms with Crippen molar-refractivity contribution in [2.45, 2.75) is 6.42 Å². The third-order valence-corrected chi connectivity index (χ3v) is 1.64. The average molecular weight is 186 g/mol. The van der Waals surface area contributed by atoms with Crippen LogP contribution in [0.1, 0.15) is 5.56 Å². The van der Waals surface area contributed by atoms with Gasteiger partial charge in [0.1, 0.15) is 5.75 Å². The summed E-state index contributed by atoms with van der Waals surface area (Å²) in [5.74, 6) is -0.453. The zero-order valence-corrected chi connectivity index (χ0v) is 7.01. The van der Waals surface area contributed by atoms with Gasteiger partial charge >= 0.3 is 0 Å². The highest BCUT2D eigenvalue weighted by Gasteiger charge is 2.04. The van der Waals surface area contributed by atoms with Crippen molar-refractivity contribution < 1.29 is 9.90 Å². The van der Waals surface area contributed by atoms with Gasteiger partial charge in [0.2, 0.25) is 5.91 Å². The average Bonchev–Trinajstić information content (AvgIpc) is 1.96. The van der Waals surface area contributed by atoms with Gasteiger partial charge in [-0.15, -0.1) is 0 Å². The van der Waals surface area contributed by atoms with Gasteiger partial charge in [0.25, 0.3) is 0 Å². The Labute approximate surface area is 74.8 Å². The normalized spacial score (nSPS) is 9.75. The Morgan fingerprint density at radius 2 is 2.25 bits per heavy atom. The van der Waals surface area contributed by atoms with Crippen LogP contribution in [-0.2, 0) is 11.2 Å². The first-order valence-electron chi connectivity index (χ1n) is 3.35. The SMILES string of the molecule is NC(=O)Cc1cc(Cl)ccc1O. The van der Waals surface area contributed by atoms with Gasteiger partial charge in [0.05, 0.1) is 6.42 Å². The van der Waals surface area contributed by atoms with E-state index < -0.39 is 5.91 Å². The lowest BCUT2D eigenvalue weighted by molar-refractivity contribution is -0.117. The molecule has 0 aliphatic heterocycles. The zero-order chi connectivity index (χ0) is 9.14. The molecule has 0 aliphatic rings. The second kappa shape index (κ2) is 3.45. The minimum absolute atomic E-state index is 0.00634. The predicted molar refractivity (Wildman–Crippen MR) is 46.0 cm³/mol. The van der Waals surface area contributed by atoms with Crippen molar-refractivity contribution in [2.24, 2.45) is 5.73 Å². The Morgan fingerprint density at radius 3 is 2.83 bits per heavy atom. The largest absolute Gasteiger partial charge is 0.508 e. The van der Waals surface area contributed by atoms with E-state index in [1.165, 1.54) is 12.1 Å². The van der Waals surface area contributed by atoms with Crippen LogP contribution in [0.25, 0.3) is 0 Å². The molecule has 0 spiro atoms. The van der Waals surface area contributed by atoms with Crippen LogP contribution in [-0.4, -0.2) is 11.0 Å². The molecule has 0 heterocycles. The van der Waals surface area contributed by atoms with Crippen LogP contribution < -0.4 is 5.73 Å². The van der Waals surface area contributed by atoms with Gasteiger partial charge in [0, 0.05) is 10.6 Å².